The third-order valence-corrected chi connectivity index (χ3v) is 13.9. The molecule has 67 heavy (non-hydrogen) atoms. The number of carbonyl (C=O) groups is 4. The Bertz CT molecular complexity index is 1080. The fourth-order valence-corrected chi connectivity index (χ4v) is 9.06. The smallest absolute Gasteiger partial charge is 0.308 e. The Morgan fingerprint density at radius 1 is 0.418 bits per heavy atom. The van der Waals surface area contributed by atoms with Crippen molar-refractivity contribution in [3.8, 4) is 0 Å². The largest absolute Gasteiger partial charge is 0.465 e. The van der Waals surface area contributed by atoms with Gasteiger partial charge < -0.3 is 24.0 Å². The summed E-state index contributed by atoms with van der Waals surface area (Å²) >= 11 is 0. The summed E-state index contributed by atoms with van der Waals surface area (Å²) in [4.78, 5) is 55.7. The molecule has 0 bridgehead atoms. The van der Waals surface area contributed by atoms with Gasteiger partial charge >= 0.3 is 17.9 Å². The molecule has 0 aliphatic carbocycles. The van der Waals surface area contributed by atoms with Crippen LogP contribution in [0.2, 0.25) is 0 Å². The third kappa shape index (κ3) is 40.3. The van der Waals surface area contributed by atoms with Crippen LogP contribution in [0.5, 0.6) is 0 Å². The highest BCUT2D eigenvalue weighted by Gasteiger charge is 2.23. The third-order valence-electron chi connectivity index (χ3n) is 13.9. The van der Waals surface area contributed by atoms with E-state index in [9.17, 15) is 19.2 Å². The average molecular weight is 952 g/mol. The van der Waals surface area contributed by atoms with Gasteiger partial charge in [0.2, 0.25) is 5.91 Å². The molecule has 9 heteroatoms. The summed E-state index contributed by atoms with van der Waals surface area (Å²) in [5.41, 5.74) is 0. The van der Waals surface area contributed by atoms with E-state index in [1.165, 1.54) is 25.7 Å². The van der Waals surface area contributed by atoms with Crippen LogP contribution in [0.25, 0.3) is 0 Å². The molecule has 0 aromatic carbocycles. The lowest BCUT2D eigenvalue weighted by molar-refractivity contribution is -0.149. The van der Waals surface area contributed by atoms with E-state index in [1.54, 1.807) is 0 Å². The normalized spacial score (nSPS) is 13.1. The number of ether oxygens (including phenoxy) is 3. The average Bonchev–Trinajstić information content (AvgIpc) is 3.31. The minimum absolute atomic E-state index is 0. The quantitative estimate of drug-likeness (QED) is 0.0338. The van der Waals surface area contributed by atoms with Crippen molar-refractivity contribution in [1.29, 1.82) is 0 Å². The van der Waals surface area contributed by atoms with E-state index in [2.05, 4.69) is 65.4 Å². The summed E-state index contributed by atoms with van der Waals surface area (Å²) in [5.74, 6) is 1.25. The molecule has 0 aromatic heterocycles. The first-order valence-electron chi connectivity index (χ1n) is 28.5. The number of carbonyl (C=O) groups excluding carboxylic acids is 4. The molecular weight excluding hydrogens is 837 g/mol. The number of hydrogen-bond donors (Lipinski definition) is 0. The molecule has 3 unspecified atom stereocenters. The number of unbranched alkanes of at least 4 members (excludes halogenated alkanes) is 18. The maximum atomic E-state index is 14.1. The second kappa shape index (κ2) is 48.8. The molecule has 3 atom stereocenters. The van der Waals surface area contributed by atoms with Gasteiger partial charge in [0.1, 0.15) is 0 Å². The summed E-state index contributed by atoms with van der Waals surface area (Å²) in [6.07, 6.45) is 37.2. The second-order valence-corrected chi connectivity index (χ2v) is 20.2. The molecule has 0 saturated carbocycles. The lowest BCUT2D eigenvalue weighted by Crippen LogP contribution is -2.41. The fourth-order valence-electron chi connectivity index (χ4n) is 9.06. The number of esters is 3. The van der Waals surface area contributed by atoms with Gasteiger partial charge in [0.15, 0.2) is 0 Å². The molecule has 1 amide bonds. The van der Waals surface area contributed by atoms with Crippen molar-refractivity contribution < 1.29 is 33.4 Å². The van der Waals surface area contributed by atoms with E-state index in [4.69, 9.17) is 14.2 Å². The summed E-state index contributed by atoms with van der Waals surface area (Å²) in [6, 6.07) is 0.273. The number of hydrogen-bond acceptors (Lipinski definition) is 8. The molecule has 0 aromatic rings. The fraction of sp³-hybridized carbons (Fsp3) is 0.931. The molecule has 0 saturated heterocycles. The predicted molar refractivity (Wildman–Crippen MR) is 284 cm³/mol. The molecule has 0 N–H and O–H groups in total. The summed E-state index contributed by atoms with van der Waals surface area (Å²) < 4.78 is 16.8. The molecule has 0 radical (unpaired) electrons. The van der Waals surface area contributed by atoms with E-state index in [0.717, 1.165) is 199 Å². The van der Waals surface area contributed by atoms with Gasteiger partial charge in [-0.1, -0.05) is 190 Å². The maximum absolute atomic E-state index is 14.1. The Morgan fingerprint density at radius 2 is 0.836 bits per heavy atom. The minimum Gasteiger partial charge on any atom is -0.465 e. The van der Waals surface area contributed by atoms with Crippen molar-refractivity contribution in [3.63, 3.8) is 0 Å². The zero-order chi connectivity index (χ0) is 48.9. The van der Waals surface area contributed by atoms with Crippen LogP contribution in [0.1, 0.15) is 280 Å². The zero-order valence-corrected chi connectivity index (χ0v) is 45.1. The van der Waals surface area contributed by atoms with Crippen LogP contribution >= 0.6 is 0 Å². The van der Waals surface area contributed by atoms with E-state index in [-0.39, 0.29) is 37.3 Å². The Balaban J connectivity index is 0. The van der Waals surface area contributed by atoms with Crippen molar-refractivity contribution in [2.45, 2.75) is 286 Å². The van der Waals surface area contributed by atoms with Gasteiger partial charge in [-0.2, -0.15) is 0 Å². The number of amides is 1. The van der Waals surface area contributed by atoms with Crippen LogP contribution in [0.3, 0.4) is 0 Å². The van der Waals surface area contributed by atoms with Crippen molar-refractivity contribution in [2.75, 3.05) is 47.0 Å². The van der Waals surface area contributed by atoms with Gasteiger partial charge in [-0.15, -0.1) is 0 Å². The van der Waals surface area contributed by atoms with Crippen LogP contribution in [-0.2, 0) is 33.4 Å². The second-order valence-electron chi connectivity index (χ2n) is 20.2. The number of rotatable bonds is 49. The maximum Gasteiger partial charge on any atom is 0.308 e. The Hall–Kier alpha value is -2.16. The van der Waals surface area contributed by atoms with Crippen molar-refractivity contribution >= 4 is 23.8 Å². The van der Waals surface area contributed by atoms with Gasteiger partial charge in [0.25, 0.3) is 0 Å². The standard InChI is InChI=1S/C57H110N2O7.CH4/c1-9-15-37-50(12-4)48-65-55(61)43-33-27-20-18-24-30-40-53(41-31-25-19-21-28-34-44-56(62)66-49-51(13-5)38-16-10-2)59(46-36-45-58(7)8)54(60)42-32-26-22-23-29-35-47-64-57(63)52(14-6)39-17-11-3;/h50-53H,9-49H2,1-8H3;1H4. The lowest BCUT2D eigenvalue weighted by Gasteiger charge is -2.33. The molecule has 398 valence electrons. The predicted octanol–water partition coefficient (Wildman–Crippen LogP) is 16.0. The van der Waals surface area contributed by atoms with Crippen LogP contribution in [0, 0.1) is 17.8 Å². The van der Waals surface area contributed by atoms with E-state index in [1.807, 2.05) is 0 Å². The molecule has 0 fully saturated rings. The monoisotopic (exact) mass is 951 g/mol. The van der Waals surface area contributed by atoms with Gasteiger partial charge in [0, 0.05) is 31.8 Å². The lowest BCUT2D eigenvalue weighted by atomic mass is 9.97. The zero-order valence-electron chi connectivity index (χ0n) is 45.1. The minimum atomic E-state index is -0.0391. The molecule has 0 heterocycles. The highest BCUT2D eigenvalue weighted by molar-refractivity contribution is 5.76. The van der Waals surface area contributed by atoms with Crippen molar-refractivity contribution in [2.24, 2.45) is 17.8 Å². The molecule has 0 aliphatic rings. The van der Waals surface area contributed by atoms with Crippen molar-refractivity contribution in [3.05, 3.63) is 0 Å². The van der Waals surface area contributed by atoms with Gasteiger partial charge in [0.05, 0.1) is 25.7 Å². The first kappa shape index (κ1) is 66.9. The van der Waals surface area contributed by atoms with Crippen molar-refractivity contribution in [1.82, 2.24) is 9.80 Å². The molecule has 0 rings (SSSR count). The Morgan fingerprint density at radius 3 is 1.27 bits per heavy atom. The molecule has 0 spiro atoms. The first-order valence-corrected chi connectivity index (χ1v) is 28.5. The SMILES string of the molecule is C.CCCCC(CC)COC(=O)CCCCCCCCC(CCCCCCCCC(=O)OCC(CC)CCCC)N(CCCN(C)C)C(=O)CCCCCCCCOC(=O)C(CC)CCCC. The topological polar surface area (TPSA) is 102 Å². The highest BCUT2D eigenvalue weighted by Crippen LogP contribution is 2.23. The first-order chi connectivity index (χ1) is 32.1. The van der Waals surface area contributed by atoms with Gasteiger partial charge in [-0.25, -0.2) is 0 Å². The van der Waals surface area contributed by atoms with Crippen LogP contribution < -0.4 is 0 Å². The van der Waals surface area contributed by atoms with Crippen LogP contribution in [0.15, 0.2) is 0 Å². The molecular formula is C58H114N2O7. The molecule has 0 aliphatic heterocycles. The number of nitrogens with zero attached hydrogens (tertiary/aromatic N) is 2. The summed E-state index contributed by atoms with van der Waals surface area (Å²) in [7, 11) is 4.23. The Kier molecular flexibility index (Phi) is 48.8. The van der Waals surface area contributed by atoms with Gasteiger partial charge in [-0.3, -0.25) is 19.2 Å². The highest BCUT2D eigenvalue weighted by atomic mass is 16.5. The van der Waals surface area contributed by atoms with Gasteiger partial charge in [-0.05, 0) is 103 Å². The Labute approximate surface area is 416 Å². The van der Waals surface area contributed by atoms with Crippen LogP contribution in [0.4, 0.5) is 0 Å². The summed E-state index contributed by atoms with van der Waals surface area (Å²) in [6.45, 7) is 16.5. The van der Waals surface area contributed by atoms with E-state index < -0.39 is 0 Å². The van der Waals surface area contributed by atoms with E-state index in [0.29, 0.717) is 56.8 Å². The van der Waals surface area contributed by atoms with Crippen LogP contribution in [-0.4, -0.2) is 86.7 Å². The molecule has 9 nitrogen and oxygen atoms in total. The summed E-state index contributed by atoms with van der Waals surface area (Å²) in [5, 5.41) is 0. The van der Waals surface area contributed by atoms with E-state index >= 15 is 0 Å².